The fraction of sp³-hybridized carbons (Fsp3) is 0.438. The van der Waals surface area contributed by atoms with Crippen LogP contribution in [0.4, 0.5) is 0 Å². The zero-order valence-electron chi connectivity index (χ0n) is 13.2. The molecule has 1 aliphatic carbocycles. The van der Waals surface area contributed by atoms with Crippen molar-refractivity contribution in [3.8, 4) is 11.5 Å². The summed E-state index contributed by atoms with van der Waals surface area (Å²) >= 11 is 1.28. The Kier molecular flexibility index (Phi) is 4.05. The molecule has 8 heteroatoms. The minimum Gasteiger partial charge on any atom is -0.454 e. The fourth-order valence-corrected chi connectivity index (χ4v) is 3.07. The molecule has 1 amide bonds. The first kappa shape index (κ1) is 15.3. The van der Waals surface area contributed by atoms with E-state index in [0.717, 1.165) is 24.2 Å². The minimum absolute atomic E-state index is 0.0798. The van der Waals surface area contributed by atoms with Gasteiger partial charge in [-0.2, -0.15) is 0 Å². The van der Waals surface area contributed by atoms with Crippen molar-refractivity contribution in [3.05, 3.63) is 29.7 Å². The first-order chi connectivity index (χ1) is 11.7. The highest BCUT2D eigenvalue weighted by atomic mass is 32.2. The molecule has 2 aliphatic rings. The van der Waals surface area contributed by atoms with E-state index in [1.807, 2.05) is 25.1 Å². The van der Waals surface area contributed by atoms with Crippen LogP contribution in [0.2, 0.25) is 0 Å². The van der Waals surface area contributed by atoms with Crippen LogP contribution < -0.4 is 14.8 Å². The number of rotatable bonds is 6. The second-order valence-corrected chi connectivity index (χ2v) is 7.14. The highest BCUT2D eigenvalue weighted by molar-refractivity contribution is 8.00. The van der Waals surface area contributed by atoms with Crippen molar-refractivity contribution < 1.29 is 18.7 Å². The van der Waals surface area contributed by atoms with E-state index in [-0.39, 0.29) is 18.0 Å². The van der Waals surface area contributed by atoms with Crippen molar-refractivity contribution in [2.24, 2.45) is 0 Å². The summed E-state index contributed by atoms with van der Waals surface area (Å²) in [6.07, 6.45) is 2.22. The Morgan fingerprint density at radius 3 is 3.00 bits per heavy atom. The highest BCUT2D eigenvalue weighted by Crippen LogP contribution is 2.40. The maximum absolute atomic E-state index is 12.2. The molecule has 0 saturated heterocycles. The highest BCUT2D eigenvalue weighted by Gasteiger charge is 2.30. The minimum atomic E-state index is -0.313. The molecule has 2 aromatic rings. The molecule has 1 aromatic heterocycles. The van der Waals surface area contributed by atoms with Crippen molar-refractivity contribution in [2.45, 2.75) is 42.7 Å². The smallest absolute Gasteiger partial charge is 0.277 e. The molecule has 0 radical (unpaired) electrons. The molecule has 1 N–H and O–H groups in total. The number of hydrogen-bond acceptors (Lipinski definition) is 7. The number of amides is 1. The average molecular weight is 347 g/mol. The number of aromatic nitrogens is 2. The van der Waals surface area contributed by atoms with E-state index >= 15 is 0 Å². The van der Waals surface area contributed by atoms with Gasteiger partial charge < -0.3 is 19.2 Å². The maximum atomic E-state index is 12.2. The van der Waals surface area contributed by atoms with Gasteiger partial charge in [0.1, 0.15) is 0 Å². The summed E-state index contributed by atoms with van der Waals surface area (Å²) in [7, 11) is 0. The lowest BCUT2D eigenvalue weighted by Gasteiger charge is -2.10. The molecule has 1 aliphatic heterocycles. The monoisotopic (exact) mass is 347 g/mol. The van der Waals surface area contributed by atoms with Crippen molar-refractivity contribution in [1.82, 2.24) is 15.5 Å². The number of nitrogens with zero attached hydrogens (tertiary/aromatic N) is 2. The first-order valence-electron chi connectivity index (χ1n) is 7.85. The standard InChI is InChI=1S/C16H17N3O4S/c1-9(24-16-19-18-15(23-16)11-3-4-11)14(20)17-7-10-2-5-12-13(6-10)22-8-21-12/h2,5-6,9,11H,3-4,7-8H2,1H3,(H,17,20)/t9-/m0/s1. The van der Waals surface area contributed by atoms with Crippen molar-refractivity contribution in [3.63, 3.8) is 0 Å². The lowest BCUT2D eigenvalue weighted by molar-refractivity contribution is -0.120. The summed E-state index contributed by atoms with van der Waals surface area (Å²) in [5.74, 6) is 2.47. The van der Waals surface area contributed by atoms with Gasteiger partial charge in [0.05, 0.1) is 5.25 Å². The zero-order valence-corrected chi connectivity index (χ0v) is 14.0. The van der Waals surface area contributed by atoms with E-state index in [0.29, 0.717) is 29.3 Å². The van der Waals surface area contributed by atoms with E-state index in [1.54, 1.807) is 0 Å². The van der Waals surface area contributed by atoms with Gasteiger partial charge in [-0.15, -0.1) is 10.2 Å². The third kappa shape index (κ3) is 3.33. The van der Waals surface area contributed by atoms with Gasteiger partial charge in [0.25, 0.3) is 5.22 Å². The number of carbonyl (C=O) groups is 1. The predicted molar refractivity (Wildman–Crippen MR) is 86.0 cm³/mol. The lowest BCUT2D eigenvalue weighted by Crippen LogP contribution is -2.30. The maximum Gasteiger partial charge on any atom is 0.277 e. The van der Waals surface area contributed by atoms with Gasteiger partial charge in [-0.05, 0) is 37.5 Å². The first-order valence-corrected chi connectivity index (χ1v) is 8.73. The SMILES string of the molecule is C[C@H](Sc1nnc(C2CC2)o1)C(=O)NCc1ccc2c(c1)OCO2. The molecule has 1 saturated carbocycles. The van der Waals surface area contributed by atoms with Crippen LogP contribution in [-0.4, -0.2) is 28.1 Å². The average Bonchev–Trinajstić information content (AvgIpc) is 3.15. The van der Waals surface area contributed by atoms with Gasteiger partial charge >= 0.3 is 0 Å². The molecule has 0 spiro atoms. The number of benzene rings is 1. The Labute approximate surface area is 143 Å². The van der Waals surface area contributed by atoms with Crippen molar-refractivity contribution in [2.75, 3.05) is 6.79 Å². The van der Waals surface area contributed by atoms with Gasteiger partial charge in [-0.3, -0.25) is 4.79 Å². The van der Waals surface area contributed by atoms with E-state index in [9.17, 15) is 4.79 Å². The lowest BCUT2D eigenvalue weighted by atomic mass is 10.2. The molecular formula is C16H17N3O4S. The number of thioether (sulfide) groups is 1. The van der Waals surface area contributed by atoms with Gasteiger partial charge in [-0.1, -0.05) is 17.8 Å². The molecule has 4 rings (SSSR count). The normalized spacial score (nSPS) is 16.9. The van der Waals surface area contributed by atoms with Crippen LogP contribution in [0.15, 0.2) is 27.8 Å². The largest absolute Gasteiger partial charge is 0.454 e. The molecule has 0 bridgehead atoms. The Balaban J connectivity index is 1.30. The van der Waals surface area contributed by atoms with Crippen molar-refractivity contribution in [1.29, 1.82) is 0 Å². The van der Waals surface area contributed by atoms with Crippen LogP contribution in [-0.2, 0) is 11.3 Å². The van der Waals surface area contributed by atoms with E-state index in [1.165, 1.54) is 11.8 Å². The van der Waals surface area contributed by atoms with Crippen LogP contribution in [0.5, 0.6) is 11.5 Å². The van der Waals surface area contributed by atoms with Gasteiger partial charge in [-0.25, -0.2) is 0 Å². The molecule has 1 atom stereocenters. The molecule has 24 heavy (non-hydrogen) atoms. The third-order valence-corrected chi connectivity index (χ3v) is 4.83. The number of ether oxygens (including phenoxy) is 2. The summed E-state index contributed by atoms with van der Waals surface area (Å²) in [6, 6.07) is 5.63. The Bertz CT molecular complexity index is 760. The van der Waals surface area contributed by atoms with E-state index in [2.05, 4.69) is 15.5 Å². The Hall–Kier alpha value is -2.22. The number of nitrogens with one attached hydrogen (secondary N) is 1. The second kappa shape index (κ2) is 6.35. The van der Waals surface area contributed by atoms with E-state index in [4.69, 9.17) is 13.9 Å². The number of hydrogen-bond donors (Lipinski definition) is 1. The molecule has 7 nitrogen and oxygen atoms in total. The van der Waals surface area contributed by atoms with Crippen molar-refractivity contribution >= 4 is 17.7 Å². The third-order valence-electron chi connectivity index (χ3n) is 3.90. The van der Waals surface area contributed by atoms with Crippen LogP contribution in [0.25, 0.3) is 0 Å². The van der Waals surface area contributed by atoms with Crippen LogP contribution in [0.1, 0.15) is 37.1 Å². The van der Waals surface area contributed by atoms with Gasteiger partial charge in [0.2, 0.25) is 18.6 Å². The van der Waals surface area contributed by atoms with Crippen LogP contribution >= 0.6 is 11.8 Å². The van der Waals surface area contributed by atoms with Gasteiger partial charge in [0, 0.05) is 12.5 Å². The molecule has 1 aromatic carbocycles. The summed E-state index contributed by atoms with van der Waals surface area (Å²) in [6.45, 7) is 2.49. The number of carbonyl (C=O) groups excluding carboxylic acids is 1. The summed E-state index contributed by atoms with van der Waals surface area (Å²) in [4.78, 5) is 12.2. The molecule has 126 valence electrons. The number of fused-ring (bicyclic) bond motifs is 1. The molecule has 1 fully saturated rings. The summed E-state index contributed by atoms with van der Waals surface area (Å²) in [5.41, 5.74) is 0.957. The van der Waals surface area contributed by atoms with Crippen LogP contribution in [0, 0.1) is 0 Å². The van der Waals surface area contributed by atoms with Gasteiger partial charge in [0.15, 0.2) is 11.5 Å². The predicted octanol–water partition coefficient (Wildman–Crippen LogP) is 2.47. The quantitative estimate of drug-likeness (QED) is 0.803. The summed E-state index contributed by atoms with van der Waals surface area (Å²) < 4.78 is 16.2. The fourth-order valence-electron chi connectivity index (χ4n) is 2.35. The molecular weight excluding hydrogens is 330 g/mol. The topological polar surface area (TPSA) is 86.5 Å². The summed E-state index contributed by atoms with van der Waals surface area (Å²) in [5, 5.41) is 11.1. The Morgan fingerprint density at radius 2 is 2.17 bits per heavy atom. The Morgan fingerprint density at radius 1 is 1.33 bits per heavy atom. The zero-order chi connectivity index (χ0) is 16.5. The van der Waals surface area contributed by atoms with Crippen LogP contribution in [0.3, 0.4) is 0 Å². The second-order valence-electron chi connectivity index (χ2n) is 5.85. The molecule has 0 unspecified atom stereocenters. The molecule has 2 heterocycles. The van der Waals surface area contributed by atoms with E-state index < -0.39 is 0 Å².